The summed E-state index contributed by atoms with van der Waals surface area (Å²) in [7, 11) is 0. The molecule has 0 bridgehead atoms. The molecule has 0 saturated carbocycles. The Hall–Kier alpha value is -0.450. The highest BCUT2D eigenvalue weighted by Gasteiger charge is 2.15. The Labute approximate surface area is 110 Å². The lowest BCUT2D eigenvalue weighted by atomic mass is 10.1. The van der Waals surface area contributed by atoms with Gasteiger partial charge < -0.3 is 0 Å². The van der Waals surface area contributed by atoms with Crippen LogP contribution >= 0.6 is 38.9 Å². The molecule has 0 spiro atoms. The van der Waals surface area contributed by atoms with Crippen molar-refractivity contribution in [1.29, 1.82) is 0 Å². The molecular weight excluding hydrogens is 313 g/mol. The molecule has 1 aromatic heterocycles. The summed E-state index contributed by atoms with van der Waals surface area (Å²) in [6.45, 7) is 0. The number of alkyl halides is 1. The van der Waals surface area contributed by atoms with Crippen molar-refractivity contribution in [3.63, 3.8) is 0 Å². The summed E-state index contributed by atoms with van der Waals surface area (Å²) < 4.78 is 13.5. The smallest absolute Gasteiger partial charge is 0.127 e. The fourth-order valence-corrected chi connectivity index (χ4v) is 2.99. The zero-order chi connectivity index (χ0) is 11.5. The molecule has 1 atom stereocenters. The van der Waals surface area contributed by atoms with E-state index in [1.807, 2.05) is 0 Å². The molecule has 2 rings (SSSR count). The molecule has 0 N–H and O–H groups in total. The number of thiazole rings is 1. The molecule has 1 aromatic carbocycles. The lowest BCUT2D eigenvalue weighted by Gasteiger charge is -2.09. The number of rotatable bonds is 3. The molecule has 0 aliphatic heterocycles. The second kappa shape index (κ2) is 5.25. The second-order valence-corrected chi connectivity index (χ2v) is 5.71. The first-order valence-electron chi connectivity index (χ1n) is 4.64. The third kappa shape index (κ3) is 2.62. The summed E-state index contributed by atoms with van der Waals surface area (Å²) in [5.74, 6) is -0.263. The van der Waals surface area contributed by atoms with Gasteiger partial charge in [-0.2, -0.15) is 0 Å². The summed E-state index contributed by atoms with van der Waals surface area (Å²) in [6.07, 6.45) is 2.30. The van der Waals surface area contributed by atoms with Gasteiger partial charge in [0.25, 0.3) is 0 Å². The maximum absolute atomic E-state index is 13.5. The molecule has 0 aliphatic carbocycles. The Kier molecular flexibility index (Phi) is 3.95. The number of benzene rings is 1. The summed E-state index contributed by atoms with van der Waals surface area (Å²) in [5.41, 5.74) is 2.30. The first-order valence-corrected chi connectivity index (χ1v) is 6.81. The SMILES string of the molecule is Fc1cccc(Cl)c1CC(Br)c1cncs1. The average Bonchev–Trinajstić information content (AvgIpc) is 2.76. The van der Waals surface area contributed by atoms with E-state index in [4.69, 9.17) is 11.6 Å². The van der Waals surface area contributed by atoms with E-state index in [1.165, 1.54) is 17.4 Å². The van der Waals surface area contributed by atoms with Crippen molar-refractivity contribution in [2.75, 3.05) is 0 Å². The zero-order valence-corrected chi connectivity index (χ0v) is 11.3. The van der Waals surface area contributed by atoms with E-state index in [0.717, 1.165) is 4.88 Å². The normalized spacial score (nSPS) is 12.7. The van der Waals surface area contributed by atoms with Gasteiger partial charge in [-0.3, -0.25) is 4.98 Å². The molecule has 2 aromatic rings. The first kappa shape index (κ1) is 12.0. The van der Waals surface area contributed by atoms with Gasteiger partial charge in [-0.25, -0.2) is 4.39 Å². The van der Waals surface area contributed by atoms with Crippen molar-refractivity contribution < 1.29 is 4.39 Å². The second-order valence-electron chi connectivity index (χ2n) is 3.28. The molecule has 0 amide bonds. The van der Waals surface area contributed by atoms with Crippen LogP contribution in [0.25, 0.3) is 0 Å². The molecule has 16 heavy (non-hydrogen) atoms. The van der Waals surface area contributed by atoms with Crippen LogP contribution in [-0.2, 0) is 6.42 Å². The minimum absolute atomic E-state index is 0.0504. The van der Waals surface area contributed by atoms with E-state index in [0.29, 0.717) is 17.0 Å². The monoisotopic (exact) mass is 319 g/mol. The number of halogens is 3. The van der Waals surface area contributed by atoms with E-state index < -0.39 is 0 Å². The Morgan fingerprint density at radius 3 is 2.94 bits per heavy atom. The van der Waals surface area contributed by atoms with Gasteiger partial charge in [0.05, 0.1) is 10.3 Å². The van der Waals surface area contributed by atoms with Gasteiger partial charge in [-0.05, 0) is 18.6 Å². The van der Waals surface area contributed by atoms with Crippen LogP contribution in [0.5, 0.6) is 0 Å². The summed E-state index contributed by atoms with van der Waals surface area (Å²) in [6, 6.07) is 4.73. The molecule has 0 aliphatic rings. The molecule has 1 unspecified atom stereocenters. The number of hydrogen-bond acceptors (Lipinski definition) is 2. The predicted octanol–water partition coefficient (Wildman–Crippen LogP) is 4.61. The molecular formula is C11H8BrClFNS. The van der Waals surface area contributed by atoms with Crippen molar-refractivity contribution in [2.45, 2.75) is 11.2 Å². The summed E-state index contributed by atoms with van der Waals surface area (Å²) >= 11 is 11.0. The van der Waals surface area contributed by atoms with Gasteiger partial charge in [0.15, 0.2) is 0 Å². The lowest BCUT2D eigenvalue weighted by Crippen LogP contribution is -1.97. The van der Waals surface area contributed by atoms with Crippen molar-refractivity contribution in [2.24, 2.45) is 0 Å². The highest BCUT2D eigenvalue weighted by molar-refractivity contribution is 9.09. The number of aromatic nitrogens is 1. The van der Waals surface area contributed by atoms with Crippen LogP contribution in [-0.4, -0.2) is 4.98 Å². The molecule has 1 heterocycles. The third-order valence-electron chi connectivity index (χ3n) is 2.21. The van der Waals surface area contributed by atoms with Crippen molar-refractivity contribution in [3.05, 3.63) is 51.2 Å². The summed E-state index contributed by atoms with van der Waals surface area (Å²) in [4.78, 5) is 5.11. The van der Waals surface area contributed by atoms with Gasteiger partial charge in [0, 0.05) is 21.7 Å². The Morgan fingerprint density at radius 2 is 2.31 bits per heavy atom. The maximum Gasteiger partial charge on any atom is 0.127 e. The zero-order valence-electron chi connectivity index (χ0n) is 8.16. The minimum atomic E-state index is -0.263. The fourth-order valence-electron chi connectivity index (χ4n) is 1.39. The highest BCUT2D eigenvalue weighted by Crippen LogP contribution is 2.32. The summed E-state index contributed by atoms with van der Waals surface area (Å²) in [5, 5.41) is 0.467. The Bertz CT molecular complexity index is 455. The lowest BCUT2D eigenvalue weighted by molar-refractivity contribution is 0.609. The van der Waals surface area contributed by atoms with Gasteiger partial charge in [0.1, 0.15) is 5.82 Å². The molecule has 1 nitrogen and oxygen atoms in total. The van der Waals surface area contributed by atoms with E-state index >= 15 is 0 Å². The highest BCUT2D eigenvalue weighted by atomic mass is 79.9. The van der Waals surface area contributed by atoms with E-state index in [9.17, 15) is 4.39 Å². The van der Waals surface area contributed by atoms with E-state index in [-0.39, 0.29) is 10.6 Å². The van der Waals surface area contributed by atoms with Crippen molar-refractivity contribution in [3.8, 4) is 0 Å². The molecule has 5 heteroatoms. The van der Waals surface area contributed by atoms with Crippen LogP contribution < -0.4 is 0 Å². The van der Waals surface area contributed by atoms with Crippen LogP contribution in [0.1, 0.15) is 15.3 Å². The van der Waals surface area contributed by atoms with Crippen molar-refractivity contribution >= 4 is 38.9 Å². The Morgan fingerprint density at radius 1 is 1.50 bits per heavy atom. The quantitative estimate of drug-likeness (QED) is 0.752. The first-order chi connectivity index (χ1) is 7.68. The molecule has 0 saturated heterocycles. The largest absolute Gasteiger partial charge is 0.253 e. The average molecular weight is 321 g/mol. The third-order valence-corrected chi connectivity index (χ3v) is 4.57. The minimum Gasteiger partial charge on any atom is -0.253 e. The van der Waals surface area contributed by atoms with Gasteiger partial charge in [-0.15, -0.1) is 11.3 Å². The maximum atomic E-state index is 13.5. The van der Waals surface area contributed by atoms with Crippen LogP contribution in [0.3, 0.4) is 0 Å². The predicted molar refractivity (Wildman–Crippen MR) is 68.9 cm³/mol. The Balaban J connectivity index is 2.21. The molecule has 0 radical (unpaired) electrons. The van der Waals surface area contributed by atoms with Crippen LogP contribution in [0.2, 0.25) is 5.02 Å². The van der Waals surface area contributed by atoms with Crippen LogP contribution in [0.15, 0.2) is 29.9 Å². The van der Waals surface area contributed by atoms with E-state index in [1.54, 1.807) is 23.8 Å². The molecule has 84 valence electrons. The number of nitrogens with zero attached hydrogens (tertiary/aromatic N) is 1. The topological polar surface area (TPSA) is 12.9 Å². The van der Waals surface area contributed by atoms with Gasteiger partial charge in [-0.1, -0.05) is 33.6 Å². The van der Waals surface area contributed by atoms with E-state index in [2.05, 4.69) is 20.9 Å². The van der Waals surface area contributed by atoms with Crippen LogP contribution in [0, 0.1) is 5.82 Å². The fraction of sp³-hybridized carbons (Fsp3) is 0.182. The van der Waals surface area contributed by atoms with Crippen molar-refractivity contribution in [1.82, 2.24) is 4.98 Å². The number of hydrogen-bond donors (Lipinski definition) is 0. The van der Waals surface area contributed by atoms with Gasteiger partial charge in [0.2, 0.25) is 0 Å². The van der Waals surface area contributed by atoms with Crippen LogP contribution in [0.4, 0.5) is 4.39 Å². The van der Waals surface area contributed by atoms with Gasteiger partial charge >= 0.3 is 0 Å². The molecule has 0 fully saturated rings. The standard InChI is InChI=1S/C11H8BrClFNS/c12-8(11-5-15-6-16-11)4-7-9(13)2-1-3-10(7)14/h1-3,5-6,8H,4H2.